The number of urea groups is 1. The fourth-order valence-electron chi connectivity index (χ4n) is 3.63. The van der Waals surface area contributed by atoms with Gasteiger partial charge >= 0.3 is 12.0 Å². The summed E-state index contributed by atoms with van der Waals surface area (Å²) >= 11 is 1.40. The van der Waals surface area contributed by atoms with E-state index in [-0.39, 0.29) is 11.9 Å². The van der Waals surface area contributed by atoms with E-state index in [1.165, 1.54) is 18.4 Å². The fraction of sp³-hybridized carbons (Fsp3) is 0.375. The number of hydrogen-bond donors (Lipinski definition) is 3. The molecule has 0 aliphatic carbocycles. The van der Waals surface area contributed by atoms with E-state index in [1.807, 2.05) is 13.8 Å². The Kier molecular flexibility index (Phi) is 7.84. The maximum absolute atomic E-state index is 12.7. The minimum absolute atomic E-state index is 0.233. The Morgan fingerprint density at radius 2 is 1.92 bits per heavy atom. The van der Waals surface area contributed by atoms with Crippen LogP contribution in [0.25, 0.3) is 0 Å². The van der Waals surface area contributed by atoms with Gasteiger partial charge in [0.1, 0.15) is 5.82 Å². The van der Waals surface area contributed by atoms with Crippen LogP contribution in [0.2, 0.25) is 0 Å². The van der Waals surface area contributed by atoms with E-state index in [0.29, 0.717) is 60.1 Å². The number of ether oxygens (including phenoxy) is 2. The van der Waals surface area contributed by atoms with E-state index < -0.39 is 6.03 Å². The molecular formula is C24H29N7O4S. The number of anilines is 3. The lowest BCUT2D eigenvalue weighted by molar-refractivity contribution is 0.0950. The predicted molar refractivity (Wildman–Crippen MR) is 138 cm³/mol. The predicted octanol–water partition coefficient (Wildman–Crippen LogP) is 3.54. The second-order valence-electron chi connectivity index (χ2n) is 8.54. The highest BCUT2D eigenvalue weighted by atomic mass is 32.1. The number of amides is 3. The van der Waals surface area contributed by atoms with Gasteiger partial charge in [-0.25, -0.2) is 9.78 Å². The Bertz CT molecular complexity index is 1220. The third-order valence-corrected chi connectivity index (χ3v) is 6.42. The number of carbonyl (C=O) groups excluding carboxylic acids is 2. The Morgan fingerprint density at radius 1 is 1.11 bits per heavy atom. The lowest BCUT2D eigenvalue weighted by Crippen LogP contribution is -2.30. The number of nitrogens with one attached hydrogen (secondary N) is 3. The van der Waals surface area contributed by atoms with E-state index in [9.17, 15) is 9.59 Å². The van der Waals surface area contributed by atoms with Crippen LogP contribution in [-0.2, 0) is 13.0 Å². The van der Waals surface area contributed by atoms with Gasteiger partial charge in [-0.15, -0.1) is 0 Å². The number of para-hydroxylation sites is 1. The molecule has 3 N–H and O–H groups in total. The molecule has 0 spiro atoms. The monoisotopic (exact) mass is 511 g/mol. The van der Waals surface area contributed by atoms with Crippen molar-refractivity contribution in [3.8, 4) is 11.9 Å². The highest BCUT2D eigenvalue weighted by Gasteiger charge is 2.24. The first kappa shape index (κ1) is 25.2. The number of fused-ring (bicyclic) bond motifs is 1. The number of rotatable bonds is 8. The van der Waals surface area contributed by atoms with Crippen LogP contribution >= 0.6 is 11.3 Å². The largest absolute Gasteiger partial charge is 0.481 e. The topological polar surface area (TPSA) is 131 Å². The molecule has 11 nitrogen and oxygen atoms in total. The van der Waals surface area contributed by atoms with Crippen LogP contribution in [0.1, 0.15) is 34.8 Å². The van der Waals surface area contributed by atoms with Gasteiger partial charge in [0.25, 0.3) is 5.91 Å². The molecule has 0 radical (unpaired) electrons. The molecule has 2 aromatic heterocycles. The number of aromatic nitrogens is 3. The lowest BCUT2D eigenvalue weighted by atomic mass is 10.1. The van der Waals surface area contributed by atoms with Gasteiger partial charge in [-0.3, -0.25) is 10.1 Å². The summed E-state index contributed by atoms with van der Waals surface area (Å²) in [7, 11) is 3.05. The summed E-state index contributed by atoms with van der Waals surface area (Å²) in [4.78, 5) is 41.5. The van der Waals surface area contributed by atoms with E-state index in [0.717, 1.165) is 10.6 Å². The molecule has 12 heteroatoms. The van der Waals surface area contributed by atoms with Crippen molar-refractivity contribution in [2.75, 3.05) is 42.8 Å². The van der Waals surface area contributed by atoms with Crippen LogP contribution in [0.3, 0.4) is 0 Å². The number of methoxy groups -OCH3 is 2. The molecule has 3 amide bonds. The minimum Gasteiger partial charge on any atom is -0.481 e. The molecule has 4 rings (SSSR count). The van der Waals surface area contributed by atoms with Crippen LogP contribution in [0.15, 0.2) is 30.3 Å². The molecule has 1 aromatic carbocycles. The summed E-state index contributed by atoms with van der Waals surface area (Å²) in [6.07, 6.45) is 0.697. The lowest BCUT2D eigenvalue weighted by Gasteiger charge is -2.27. The highest BCUT2D eigenvalue weighted by molar-refractivity contribution is 7.15. The SMILES string of the molecule is COc1cc(N2CCc3nc(NC(=O)Nc4ccccc4C(=O)NCC(C)C)sc3C2)nc(OC)n1. The summed E-state index contributed by atoms with van der Waals surface area (Å²) in [5, 5.41) is 8.93. The highest BCUT2D eigenvalue weighted by Crippen LogP contribution is 2.31. The summed E-state index contributed by atoms with van der Waals surface area (Å²) in [5.41, 5.74) is 1.77. The number of hydrogen-bond acceptors (Lipinski definition) is 9. The van der Waals surface area contributed by atoms with Gasteiger partial charge in [-0.2, -0.15) is 9.97 Å². The van der Waals surface area contributed by atoms with Crippen molar-refractivity contribution in [2.45, 2.75) is 26.8 Å². The minimum atomic E-state index is -0.465. The number of benzene rings is 1. The first-order valence-corrected chi connectivity index (χ1v) is 12.3. The van der Waals surface area contributed by atoms with Crippen LogP contribution < -0.4 is 30.3 Å². The Morgan fingerprint density at radius 3 is 2.67 bits per heavy atom. The molecule has 3 heterocycles. The summed E-state index contributed by atoms with van der Waals surface area (Å²) < 4.78 is 10.4. The fourth-order valence-corrected chi connectivity index (χ4v) is 4.65. The van der Waals surface area contributed by atoms with Gasteiger partial charge in [0.2, 0.25) is 5.88 Å². The molecule has 190 valence electrons. The third-order valence-electron chi connectivity index (χ3n) is 5.43. The van der Waals surface area contributed by atoms with Crippen LogP contribution in [-0.4, -0.2) is 54.2 Å². The second kappa shape index (κ2) is 11.2. The first-order chi connectivity index (χ1) is 17.4. The van der Waals surface area contributed by atoms with E-state index in [2.05, 4.69) is 35.8 Å². The van der Waals surface area contributed by atoms with E-state index >= 15 is 0 Å². The van der Waals surface area contributed by atoms with Crippen LogP contribution in [0.5, 0.6) is 11.9 Å². The number of carbonyl (C=O) groups is 2. The molecular weight excluding hydrogens is 482 g/mol. The van der Waals surface area contributed by atoms with Crippen molar-refractivity contribution in [3.63, 3.8) is 0 Å². The first-order valence-electron chi connectivity index (χ1n) is 11.5. The third kappa shape index (κ3) is 6.00. The van der Waals surface area contributed by atoms with Gasteiger partial charge in [0, 0.05) is 30.5 Å². The van der Waals surface area contributed by atoms with Gasteiger partial charge in [-0.1, -0.05) is 37.3 Å². The van der Waals surface area contributed by atoms with Crippen molar-refractivity contribution in [3.05, 3.63) is 46.5 Å². The summed E-state index contributed by atoms with van der Waals surface area (Å²) in [5.74, 6) is 1.20. The summed E-state index contributed by atoms with van der Waals surface area (Å²) in [6, 6.07) is 8.43. The quantitative estimate of drug-likeness (QED) is 0.419. The molecule has 0 fully saturated rings. The van der Waals surface area contributed by atoms with Gasteiger partial charge < -0.3 is 25.0 Å². The zero-order valence-electron chi connectivity index (χ0n) is 20.6. The summed E-state index contributed by atoms with van der Waals surface area (Å²) in [6.45, 7) is 5.87. The molecule has 0 atom stereocenters. The van der Waals surface area contributed by atoms with Crippen molar-refractivity contribution in [2.24, 2.45) is 5.92 Å². The molecule has 0 saturated heterocycles. The zero-order chi connectivity index (χ0) is 25.7. The van der Waals surface area contributed by atoms with E-state index in [4.69, 9.17) is 9.47 Å². The Balaban J connectivity index is 1.42. The standard InChI is InChI=1S/C24H29N7O4S/c1-14(2)12-25-21(32)15-7-5-6-8-16(15)26-22(33)30-24-27-17-9-10-31(13-18(17)36-24)19-11-20(34-3)29-23(28-19)35-4/h5-8,11,14H,9-10,12-13H2,1-4H3,(H,25,32)(H2,26,27,30,33). The molecule has 0 unspecified atom stereocenters. The van der Waals surface area contributed by atoms with Gasteiger partial charge in [0.05, 0.1) is 37.7 Å². The smallest absolute Gasteiger partial charge is 0.325 e. The van der Waals surface area contributed by atoms with Crippen molar-refractivity contribution in [1.29, 1.82) is 0 Å². The van der Waals surface area contributed by atoms with Crippen molar-refractivity contribution < 1.29 is 19.1 Å². The number of thiazole rings is 1. The molecule has 0 bridgehead atoms. The maximum Gasteiger partial charge on any atom is 0.325 e. The van der Waals surface area contributed by atoms with Crippen LogP contribution in [0, 0.1) is 5.92 Å². The second-order valence-corrected chi connectivity index (χ2v) is 9.63. The Hall–Kier alpha value is -3.93. The van der Waals surface area contributed by atoms with Crippen LogP contribution in [0.4, 0.5) is 21.4 Å². The van der Waals surface area contributed by atoms with Crippen molar-refractivity contribution in [1.82, 2.24) is 20.3 Å². The van der Waals surface area contributed by atoms with Crippen molar-refractivity contribution >= 4 is 39.9 Å². The van der Waals surface area contributed by atoms with Gasteiger partial charge in [-0.05, 0) is 18.1 Å². The molecule has 3 aromatic rings. The molecule has 36 heavy (non-hydrogen) atoms. The normalized spacial score (nSPS) is 12.6. The maximum atomic E-state index is 12.7. The van der Waals surface area contributed by atoms with E-state index in [1.54, 1.807) is 37.4 Å². The van der Waals surface area contributed by atoms with Gasteiger partial charge in [0.15, 0.2) is 5.13 Å². The Labute approximate surface area is 213 Å². The molecule has 1 aliphatic rings. The average Bonchev–Trinajstić information content (AvgIpc) is 3.28. The average molecular weight is 512 g/mol. The molecule has 1 aliphatic heterocycles. The zero-order valence-corrected chi connectivity index (χ0v) is 21.4. The number of nitrogens with zero attached hydrogens (tertiary/aromatic N) is 4. The molecule has 0 saturated carbocycles.